The Morgan fingerprint density at radius 1 is 1.16 bits per heavy atom. The van der Waals surface area contributed by atoms with Gasteiger partial charge in [-0.1, -0.05) is 37.3 Å². The Labute approximate surface area is 115 Å². The molecule has 0 bridgehead atoms. The molecule has 0 radical (unpaired) electrons. The van der Waals surface area contributed by atoms with Crippen LogP contribution in [0.1, 0.15) is 24.6 Å². The van der Waals surface area contributed by atoms with E-state index in [0.29, 0.717) is 6.04 Å². The summed E-state index contributed by atoms with van der Waals surface area (Å²) < 4.78 is 1.87. The van der Waals surface area contributed by atoms with Gasteiger partial charge in [0.1, 0.15) is 0 Å². The number of nitrogens with one attached hydrogen (secondary N) is 1. The first-order valence-corrected chi connectivity index (χ1v) is 7.03. The van der Waals surface area contributed by atoms with Crippen LogP contribution in [0.5, 0.6) is 0 Å². The Morgan fingerprint density at radius 2 is 1.95 bits per heavy atom. The molecule has 19 heavy (non-hydrogen) atoms. The molecule has 1 N–H and O–H groups in total. The first-order valence-electron chi connectivity index (χ1n) is 7.03. The summed E-state index contributed by atoms with van der Waals surface area (Å²) in [4.78, 5) is 0. The summed E-state index contributed by atoms with van der Waals surface area (Å²) in [6.07, 6.45) is 5.20. The molecule has 0 saturated carbocycles. The second-order valence-corrected chi connectivity index (χ2v) is 5.03. The predicted octanol–water partition coefficient (Wildman–Crippen LogP) is 2.57. The lowest BCUT2D eigenvalue weighted by Crippen LogP contribution is -2.34. The van der Waals surface area contributed by atoms with E-state index in [-0.39, 0.29) is 0 Å². The molecule has 1 aromatic heterocycles. The highest BCUT2D eigenvalue weighted by atomic mass is 15.2. The van der Waals surface area contributed by atoms with Crippen molar-refractivity contribution in [2.75, 3.05) is 6.54 Å². The maximum Gasteiger partial charge on any atom is 0.0640 e. The summed E-state index contributed by atoms with van der Waals surface area (Å²) in [5, 5.41) is 8.10. The van der Waals surface area contributed by atoms with E-state index in [2.05, 4.69) is 53.7 Å². The van der Waals surface area contributed by atoms with Crippen molar-refractivity contribution in [1.82, 2.24) is 15.1 Å². The minimum Gasteiger partial charge on any atom is -0.313 e. The topological polar surface area (TPSA) is 29.9 Å². The third-order valence-corrected chi connectivity index (χ3v) is 3.23. The van der Waals surface area contributed by atoms with Crippen LogP contribution >= 0.6 is 0 Å². The third kappa shape index (κ3) is 4.52. The van der Waals surface area contributed by atoms with Crippen molar-refractivity contribution in [3.8, 4) is 0 Å². The van der Waals surface area contributed by atoms with E-state index in [1.807, 2.05) is 17.9 Å². The Hall–Kier alpha value is -1.61. The molecule has 0 aliphatic carbocycles. The van der Waals surface area contributed by atoms with Gasteiger partial charge in [-0.05, 0) is 31.0 Å². The Morgan fingerprint density at radius 3 is 2.58 bits per heavy atom. The molecule has 1 atom stereocenters. The number of benzene rings is 1. The summed E-state index contributed by atoms with van der Waals surface area (Å²) in [7, 11) is 1.97. The first-order chi connectivity index (χ1) is 9.28. The van der Waals surface area contributed by atoms with Crippen molar-refractivity contribution in [2.45, 2.75) is 32.2 Å². The molecule has 2 aromatic rings. The maximum atomic E-state index is 4.48. The van der Waals surface area contributed by atoms with Gasteiger partial charge in [0.15, 0.2) is 0 Å². The molecule has 1 heterocycles. The van der Waals surface area contributed by atoms with Gasteiger partial charge in [0.2, 0.25) is 0 Å². The SMILES string of the molecule is CCCNC(Cc1ccccc1)Cc1ccn(C)n1. The number of aryl methyl sites for hydroxylation is 1. The van der Waals surface area contributed by atoms with Crippen LogP contribution in [0.15, 0.2) is 42.6 Å². The zero-order valence-corrected chi connectivity index (χ0v) is 11.8. The van der Waals surface area contributed by atoms with Crippen LogP contribution in [0.25, 0.3) is 0 Å². The van der Waals surface area contributed by atoms with Crippen LogP contribution in [-0.2, 0) is 19.9 Å². The molecule has 0 aliphatic rings. The van der Waals surface area contributed by atoms with Crippen LogP contribution in [0.2, 0.25) is 0 Å². The van der Waals surface area contributed by atoms with Crippen LogP contribution < -0.4 is 5.32 Å². The lowest BCUT2D eigenvalue weighted by atomic mass is 10.0. The molecule has 2 rings (SSSR count). The van der Waals surface area contributed by atoms with Crippen molar-refractivity contribution in [1.29, 1.82) is 0 Å². The van der Waals surface area contributed by atoms with E-state index < -0.39 is 0 Å². The number of hydrogen-bond acceptors (Lipinski definition) is 2. The molecular formula is C16H23N3. The molecular weight excluding hydrogens is 234 g/mol. The standard InChI is InChI=1S/C16H23N3/c1-3-10-17-16(12-14-7-5-4-6-8-14)13-15-9-11-19(2)18-15/h4-9,11,16-17H,3,10,12-13H2,1-2H3. The molecule has 1 unspecified atom stereocenters. The molecule has 0 amide bonds. The highest BCUT2D eigenvalue weighted by Crippen LogP contribution is 2.08. The second-order valence-electron chi connectivity index (χ2n) is 5.03. The molecule has 3 nitrogen and oxygen atoms in total. The number of hydrogen-bond donors (Lipinski definition) is 1. The molecule has 0 fully saturated rings. The van der Waals surface area contributed by atoms with Crippen LogP contribution in [0, 0.1) is 0 Å². The van der Waals surface area contributed by atoms with Gasteiger partial charge in [-0.2, -0.15) is 5.10 Å². The van der Waals surface area contributed by atoms with E-state index >= 15 is 0 Å². The van der Waals surface area contributed by atoms with Crippen molar-refractivity contribution in [2.24, 2.45) is 7.05 Å². The third-order valence-electron chi connectivity index (χ3n) is 3.23. The highest BCUT2D eigenvalue weighted by molar-refractivity contribution is 5.16. The zero-order chi connectivity index (χ0) is 13.5. The molecule has 0 aliphatic heterocycles. The molecule has 0 saturated heterocycles. The zero-order valence-electron chi connectivity index (χ0n) is 11.8. The highest BCUT2D eigenvalue weighted by Gasteiger charge is 2.11. The van der Waals surface area contributed by atoms with Gasteiger partial charge in [0, 0.05) is 25.7 Å². The molecule has 102 valence electrons. The van der Waals surface area contributed by atoms with Crippen LogP contribution in [0.3, 0.4) is 0 Å². The fourth-order valence-corrected chi connectivity index (χ4v) is 2.29. The van der Waals surface area contributed by atoms with E-state index in [1.165, 1.54) is 5.56 Å². The summed E-state index contributed by atoms with van der Waals surface area (Å²) >= 11 is 0. The lowest BCUT2D eigenvalue weighted by Gasteiger charge is -2.17. The molecule has 1 aromatic carbocycles. The fraction of sp³-hybridized carbons (Fsp3) is 0.438. The summed E-state index contributed by atoms with van der Waals surface area (Å²) in [6, 6.07) is 13.2. The molecule has 0 spiro atoms. The van der Waals surface area contributed by atoms with Crippen LogP contribution in [-0.4, -0.2) is 22.4 Å². The lowest BCUT2D eigenvalue weighted by molar-refractivity contribution is 0.498. The van der Waals surface area contributed by atoms with Gasteiger partial charge in [-0.25, -0.2) is 0 Å². The fourth-order valence-electron chi connectivity index (χ4n) is 2.29. The van der Waals surface area contributed by atoms with Gasteiger partial charge in [0.05, 0.1) is 5.69 Å². The average molecular weight is 257 g/mol. The van der Waals surface area contributed by atoms with Crippen molar-refractivity contribution < 1.29 is 0 Å². The quantitative estimate of drug-likeness (QED) is 0.826. The van der Waals surface area contributed by atoms with Gasteiger partial charge in [-0.3, -0.25) is 4.68 Å². The first kappa shape index (κ1) is 13.8. The summed E-state index contributed by atoms with van der Waals surface area (Å²) in [5.74, 6) is 0. The predicted molar refractivity (Wildman–Crippen MR) is 79.1 cm³/mol. The van der Waals surface area contributed by atoms with Gasteiger partial charge in [0.25, 0.3) is 0 Å². The Balaban J connectivity index is 1.99. The number of rotatable bonds is 7. The number of aromatic nitrogens is 2. The van der Waals surface area contributed by atoms with Crippen LogP contribution in [0.4, 0.5) is 0 Å². The van der Waals surface area contributed by atoms with Crippen molar-refractivity contribution >= 4 is 0 Å². The minimum atomic E-state index is 0.456. The van der Waals surface area contributed by atoms with E-state index in [9.17, 15) is 0 Å². The Kier molecular flexibility index (Phi) is 5.16. The van der Waals surface area contributed by atoms with Crippen molar-refractivity contribution in [3.05, 3.63) is 53.9 Å². The van der Waals surface area contributed by atoms with Gasteiger partial charge < -0.3 is 5.32 Å². The normalized spacial score (nSPS) is 12.5. The molecule has 3 heteroatoms. The minimum absolute atomic E-state index is 0.456. The Bertz CT molecular complexity index is 476. The van der Waals surface area contributed by atoms with Crippen molar-refractivity contribution in [3.63, 3.8) is 0 Å². The van der Waals surface area contributed by atoms with Gasteiger partial charge in [-0.15, -0.1) is 0 Å². The summed E-state index contributed by atoms with van der Waals surface area (Å²) in [5.41, 5.74) is 2.54. The van der Waals surface area contributed by atoms with Gasteiger partial charge >= 0.3 is 0 Å². The number of nitrogens with zero attached hydrogens (tertiary/aromatic N) is 2. The van der Waals surface area contributed by atoms with E-state index in [1.54, 1.807) is 0 Å². The van der Waals surface area contributed by atoms with E-state index in [0.717, 1.165) is 31.5 Å². The second kappa shape index (κ2) is 7.10. The van der Waals surface area contributed by atoms with E-state index in [4.69, 9.17) is 0 Å². The summed E-state index contributed by atoms with van der Waals surface area (Å²) in [6.45, 7) is 3.26. The monoisotopic (exact) mass is 257 g/mol. The largest absolute Gasteiger partial charge is 0.313 e. The maximum absolute atomic E-state index is 4.48. The average Bonchev–Trinajstić information content (AvgIpc) is 2.82. The smallest absolute Gasteiger partial charge is 0.0640 e.